The molecule has 1 nitrogen and oxygen atoms in total. The molecule has 1 aromatic rings. The van der Waals surface area contributed by atoms with Gasteiger partial charge in [-0.1, -0.05) is 30.7 Å². The Bertz CT molecular complexity index is 266. The summed E-state index contributed by atoms with van der Waals surface area (Å²) in [4.78, 5) is 10.4. The first-order chi connectivity index (χ1) is 6.27. The monoisotopic (exact) mass is 196 g/mol. The molecule has 0 radical (unpaired) electrons. The van der Waals surface area contributed by atoms with Gasteiger partial charge in [-0.3, -0.25) is 0 Å². The maximum Gasteiger partial charge on any atom is 0.120 e. The van der Waals surface area contributed by atoms with Crippen LogP contribution < -0.4 is 0 Å². The molecule has 0 aromatic heterocycles. The lowest BCUT2D eigenvalue weighted by molar-refractivity contribution is -0.108. The second-order valence-electron chi connectivity index (χ2n) is 3.06. The van der Waals surface area contributed by atoms with Gasteiger partial charge in [-0.15, -0.1) is 0 Å². The number of rotatable bonds is 4. The molecular formula is C11H13ClO. The van der Waals surface area contributed by atoms with Crippen molar-refractivity contribution in [1.82, 2.24) is 0 Å². The summed E-state index contributed by atoms with van der Waals surface area (Å²) < 4.78 is 0. The van der Waals surface area contributed by atoms with E-state index in [2.05, 4.69) is 6.92 Å². The number of hydrogen-bond acceptors (Lipinski definition) is 1. The molecule has 0 bridgehead atoms. The molecule has 1 rings (SSSR count). The molecule has 2 heteroatoms. The van der Waals surface area contributed by atoms with E-state index < -0.39 is 0 Å². The molecule has 0 saturated carbocycles. The summed E-state index contributed by atoms with van der Waals surface area (Å²) >= 11 is 5.77. The largest absolute Gasteiger partial charge is 0.303 e. The molecule has 1 aromatic carbocycles. The van der Waals surface area contributed by atoms with Gasteiger partial charge in [0.1, 0.15) is 6.29 Å². The van der Waals surface area contributed by atoms with Crippen molar-refractivity contribution >= 4 is 17.9 Å². The van der Waals surface area contributed by atoms with Gasteiger partial charge in [0, 0.05) is 11.4 Å². The number of carbonyl (C=O) groups is 1. The zero-order valence-corrected chi connectivity index (χ0v) is 8.42. The fourth-order valence-electron chi connectivity index (χ4n) is 1.39. The Balaban J connectivity index is 2.78. The van der Waals surface area contributed by atoms with E-state index in [0.29, 0.717) is 12.3 Å². The van der Waals surface area contributed by atoms with Gasteiger partial charge in [0.2, 0.25) is 0 Å². The molecule has 0 aliphatic carbocycles. The third-order valence-electron chi connectivity index (χ3n) is 2.21. The van der Waals surface area contributed by atoms with Gasteiger partial charge in [0.05, 0.1) is 0 Å². The third kappa shape index (κ3) is 2.85. The zero-order valence-electron chi connectivity index (χ0n) is 7.66. The van der Waals surface area contributed by atoms with Crippen LogP contribution in [0.25, 0.3) is 0 Å². The second-order valence-corrected chi connectivity index (χ2v) is 3.50. The van der Waals surface area contributed by atoms with E-state index >= 15 is 0 Å². The average Bonchev–Trinajstić information content (AvgIpc) is 2.16. The van der Waals surface area contributed by atoms with Crippen molar-refractivity contribution < 1.29 is 4.79 Å². The van der Waals surface area contributed by atoms with Crippen molar-refractivity contribution in [2.75, 3.05) is 0 Å². The molecule has 0 amide bonds. The van der Waals surface area contributed by atoms with E-state index in [4.69, 9.17) is 11.6 Å². The molecule has 0 aliphatic heterocycles. The third-order valence-corrected chi connectivity index (χ3v) is 2.47. The summed E-state index contributed by atoms with van der Waals surface area (Å²) in [6, 6.07) is 7.70. The first-order valence-electron chi connectivity index (χ1n) is 4.47. The highest BCUT2D eigenvalue weighted by atomic mass is 35.5. The van der Waals surface area contributed by atoms with E-state index in [1.54, 1.807) is 0 Å². The Morgan fingerprint density at radius 3 is 2.46 bits per heavy atom. The normalized spacial score (nSPS) is 12.5. The van der Waals surface area contributed by atoms with Crippen LogP contribution in [0.2, 0.25) is 5.02 Å². The highest BCUT2D eigenvalue weighted by molar-refractivity contribution is 6.30. The fraction of sp³-hybridized carbons (Fsp3) is 0.364. The number of benzene rings is 1. The van der Waals surface area contributed by atoms with Gasteiger partial charge in [-0.2, -0.15) is 0 Å². The minimum atomic E-state index is 0.342. The van der Waals surface area contributed by atoms with Crippen LogP contribution in [-0.4, -0.2) is 6.29 Å². The number of aldehydes is 1. The van der Waals surface area contributed by atoms with Crippen molar-refractivity contribution in [3.05, 3.63) is 34.9 Å². The molecule has 1 atom stereocenters. The summed E-state index contributed by atoms with van der Waals surface area (Å²) in [5.41, 5.74) is 1.19. The van der Waals surface area contributed by atoms with Crippen LogP contribution in [0.1, 0.15) is 31.2 Å². The first-order valence-corrected chi connectivity index (χ1v) is 4.84. The zero-order chi connectivity index (χ0) is 9.68. The summed E-state index contributed by atoms with van der Waals surface area (Å²) in [6.45, 7) is 2.09. The molecule has 0 aliphatic rings. The van der Waals surface area contributed by atoms with Crippen molar-refractivity contribution in [2.45, 2.75) is 25.7 Å². The van der Waals surface area contributed by atoms with Crippen LogP contribution in [0.5, 0.6) is 0 Å². The van der Waals surface area contributed by atoms with Crippen LogP contribution in [0, 0.1) is 0 Å². The molecule has 0 saturated heterocycles. The molecule has 0 heterocycles. The van der Waals surface area contributed by atoms with Gasteiger partial charge in [-0.25, -0.2) is 0 Å². The Labute approximate surface area is 83.7 Å². The number of hydrogen-bond donors (Lipinski definition) is 0. The Kier molecular flexibility index (Phi) is 3.97. The quantitative estimate of drug-likeness (QED) is 0.675. The number of halogens is 1. The van der Waals surface area contributed by atoms with Crippen LogP contribution in [0.15, 0.2) is 24.3 Å². The van der Waals surface area contributed by atoms with Crippen LogP contribution in [0.4, 0.5) is 0 Å². The highest BCUT2D eigenvalue weighted by Crippen LogP contribution is 2.23. The molecule has 0 fully saturated rings. The molecule has 0 N–H and O–H groups in total. The van der Waals surface area contributed by atoms with Crippen molar-refractivity contribution in [3.8, 4) is 0 Å². The second kappa shape index (κ2) is 5.03. The van der Waals surface area contributed by atoms with Crippen molar-refractivity contribution in [2.24, 2.45) is 0 Å². The lowest BCUT2D eigenvalue weighted by atomic mass is 9.94. The molecule has 13 heavy (non-hydrogen) atoms. The van der Waals surface area contributed by atoms with E-state index in [-0.39, 0.29) is 0 Å². The molecular weight excluding hydrogens is 184 g/mol. The van der Waals surface area contributed by atoms with Crippen LogP contribution in [0.3, 0.4) is 0 Å². The predicted octanol–water partition coefficient (Wildman–Crippen LogP) is 3.42. The highest BCUT2D eigenvalue weighted by Gasteiger charge is 2.07. The lowest BCUT2D eigenvalue weighted by Gasteiger charge is -2.11. The maximum atomic E-state index is 10.4. The average molecular weight is 197 g/mol. The topological polar surface area (TPSA) is 17.1 Å². The minimum absolute atomic E-state index is 0.342. The van der Waals surface area contributed by atoms with E-state index in [0.717, 1.165) is 17.7 Å². The summed E-state index contributed by atoms with van der Waals surface area (Å²) in [6.07, 6.45) is 2.56. The Hall–Kier alpha value is -0.820. The number of carbonyl (C=O) groups excluding carboxylic acids is 1. The fourth-order valence-corrected chi connectivity index (χ4v) is 1.52. The SMILES string of the molecule is CCC(CC=O)c1ccc(Cl)cc1. The van der Waals surface area contributed by atoms with Gasteiger partial charge < -0.3 is 4.79 Å². The lowest BCUT2D eigenvalue weighted by Crippen LogP contribution is -1.97. The smallest absolute Gasteiger partial charge is 0.120 e. The van der Waals surface area contributed by atoms with E-state index in [9.17, 15) is 4.79 Å². The predicted molar refractivity (Wildman–Crippen MR) is 55.2 cm³/mol. The van der Waals surface area contributed by atoms with Crippen LogP contribution in [-0.2, 0) is 4.79 Å². The molecule has 70 valence electrons. The Morgan fingerprint density at radius 1 is 1.38 bits per heavy atom. The van der Waals surface area contributed by atoms with Gasteiger partial charge >= 0.3 is 0 Å². The first kappa shape index (κ1) is 10.3. The van der Waals surface area contributed by atoms with Gasteiger partial charge in [-0.05, 0) is 30.0 Å². The standard InChI is InChI=1S/C11H13ClO/c1-2-9(7-8-13)10-3-5-11(12)6-4-10/h3-6,8-9H,2,7H2,1H3. The Morgan fingerprint density at radius 2 is 2.00 bits per heavy atom. The maximum absolute atomic E-state index is 10.4. The summed E-state index contributed by atoms with van der Waals surface area (Å²) in [5.74, 6) is 0.342. The van der Waals surface area contributed by atoms with E-state index in [1.807, 2.05) is 24.3 Å². The van der Waals surface area contributed by atoms with E-state index in [1.165, 1.54) is 5.56 Å². The van der Waals surface area contributed by atoms with Crippen molar-refractivity contribution in [3.63, 3.8) is 0 Å². The minimum Gasteiger partial charge on any atom is -0.303 e. The van der Waals surface area contributed by atoms with Crippen molar-refractivity contribution in [1.29, 1.82) is 0 Å². The summed E-state index contributed by atoms with van der Waals surface area (Å²) in [7, 11) is 0. The van der Waals surface area contributed by atoms with Crippen LogP contribution >= 0.6 is 11.6 Å². The summed E-state index contributed by atoms with van der Waals surface area (Å²) in [5, 5.41) is 0.740. The van der Waals surface area contributed by atoms with Gasteiger partial charge in [0.15, 0.2) is 0 Å². The molecule has 1 unspecified atom stereocenters. The molecule has 0 spiro atoms. The van der Waals surface area contributed by atoms with Gasteiger partial charge in [0.25, 0.3) is 0 Å².